The molecule has 2 aliphatic rings. The van der Waals surface area contributed by atoms with Crippen LogP contribution in [-0.2, 0) is 10.0 Å². The van der Waals surface area contributed by atoms with Crippen molar-refractivity contribution in [2.45, 2.75) is 56.1 Å². The van der Waals surface area contributed by atoms with Gasteiger partial charge in [0.25, 0.3) is 5.91 Å². The number of nitrogens with one attached hydrogen (secondary N) is 2. The maximum absolute atomic E-state index is 12.7. The van der Waals surface area contributed by atoms with E-state index < -0.39 is 10.0 Å². The zero-order valence-electron chi connectivity index (χ0n) is 14.2. The van der Waals surface area contributed by atoms with Gasteiger partial charge < -0.3 is 10.2 Å². The van der Waals surface area contributed by atoms with E-state index in [0.717, 1.165) is 25.9 Å². The Hall–Kier alpha value is -1.44. The van der Waals surface area contributed by atoms with E-state index in [1.807, 2.05) is 4.90 Å². The number of benzene rings is 1. The van der Waals surface area contributed by atoms with E-state index >= 15 is 0 Å². The molecule has 1 aromatic rings. The maximum Gasteiger partial charge on any atom is 0.253 e. The lowest BCUT2D eigenvalue weighted by Gasteiger charge is -2.24. The zero-order chi connectivity index (χ0) is 17.3. The highest BCUT2D eigenvalue weighted by atomic mass is 32.2. The summed E-state index contributed by atoms with van der Waals surface area (Å²) in [7, 11) is -3.52. The Balaban J connectivity index is 1.72. The molecule has 2 unspecified atom stereocenters. The van der Waals surface area contributed by atoms with E-state index in [1.165, 1.54) is 18.6 Å². The zero-order valence-corrected chi connectivity index (χ0v) is 15.0. The highest BCUT2D eigenvalue weighted by molar-refractivity contribution is 7.89. The average molecular weight is 351 g/mol. The lowest BCUT2D eigenvalue weighted by atomic mass is 10.1. The van der Waals surface area contributed by atoms with Crippen molar-refractivity contribution < 1.29 is 13.2 Å². The minimum absolute atomic E-state index is 0.0230. The Bertz CT molecular complexity index is 700. The molecule has 132 valence electrons. The molecule has 0 saturated carbocycles. The van der Waals surface area contributed by atoms with Crippen LogP contribution in [0.25, 0.3) is 0 Å². The van der Waals surface area contributed by atoms with E-state index in [4.69, 9.17) is 0 Å². The average Bonchev–Trinajstić information content (AvgIpc) is 2.85. The molecule has 0 aromatic heterocycles. The molecule has 7 heteroatoms. The second-order valence-electron chi connectivity index (χ2n) is 6.98. The number of nitrogens with zero attached hydrogens (tertiary/aromatic N) is 1. The summed E-state index contributed by atoms with van der Waals surface area (Å²) in [5.74, 6) is -0.0230. The SMILES string of the molecule is CC(C)NS(=O)(=O)c1ccc(C(=O)N2CCC3CCC(C2)N3)cc1. The summed E-state index contributed by atoms with van der Waals surface area (Å²) in [4.78, 5) is 14.8. The number of carbonyl (C=O) groups excluding carboxylic acids is 1. The maximum atomic E-state index is 12.7. The monoisotopic (exact) mass is 351 g/mol. The molecule has 1 amide bonds. The van der Waals surface area contributed by atoms with Gasteiger partial charge in [0, 0.05) is 36.8 Å². The number of carbonyl (C=O) groups is 1. The lowest BCUT2D eigenvalue weighted by molar-refractivity contribution is 0.0748. The predicted molar refractivity (Wildman–Crippen MR) is 92.4 cm³/mol. The van der Waals surface area contributed by atoms with Gasteiger partial charge in [-0.2, -0.15) is 0 Å². The van der Waals surface area contributed by atoms with Crippen molar-refractivity contribution in [3.63, 3.8) is 0 Å². The molecule has 2 saturated heterocycles. The second kappa shape index (κ2) is 6.82. The van der Waals surface area contributed by atoms with E-state index in [2.05, 4.69) is 10.0 Å². The van der Waals surface area contributed by atoms with Crippen LogP contribution in [0.5, 0.6) is 0 Å². The number of hydrogen-bond donors (Lipinski definition) is 2. The van der Waals surface area contributed by atoms with Crippen LogP contribution < -0.4 is 10.0 Å². The van der Waals surface area contributed by atoms with Gasteiger partial charge in [-0.25, -0.2) is 13.1 Å². The van der Waals surface area contributed by atoms with Gasteiger partial charge in [-0.15, -0.1) is 0 Å². The molecular weight excluding hydrogens is 326 g/mol. The van der Waals surface area contributed by atoms with Crippen LogP contribution in [0.4, 0.5) is 0 Å². The van der Waals surface area contributed by atoms with E-state index in [-0.39, 0.29) is 16.8 Å². The molecule has 2 bridgehead atoms. The number of rotatable bonds is 4. The molecule has 2 aliphatic heterocycles. The highest BCUT2D eigenvalue weighted by Gasteiger charge is 2.31. The molecule has 0 aliphatic carbocycles. The molecule has 0 radical (unpaired) electrons. The largest absolute Gasteiger partial charge is 0.337 e. The molecule has 3 rings (SSSR count). The Kier molecular flexibility index (Phi) is 4.94. The summed E-state index contributed by atoms with van der Waals surface area (Å²) in [5.41, 5.74) is 0.538. The summed E-state index contributed by atoms with van der Waals surface area (Å²) in [6.07, 6.45) is 3.29. The first-order chi connectivity index (χ1) is 11.3. The molecular formula is C17H25N3O3S. The van der Waals surface area contributed by atoms with Crippen molar-refractivity contribution in [1.29, 1.82) is 0 Å². The first-order valence-electron chi connectivity index (χ1n) is 8.53. The normalized spacial score (nSPS) is 24.2. The quantitative estimate of drug-likeness (QED) is 0.858. The van der Waals surface area contributed by atoms with Crippen LogP contribution in [0.15, 0.2) is 29.2 Å². The third kappa shape index (κ3) is 3.79. The first kappa shape index (κ1) is 17.4. The van der Waals surface area contributed by atoms with Gasteiger partial charge in [0.1, 0.15) is 0 Å². The van der Waals surface area contributed by atoms with Gasteiger partial charge in [0.2, 0.25) is 10.0 Å². The van der Waals surface area contributed by atoms with Gasteiger partial charge in [0.05, 0.1) is 4.90 Å². The minimum Gasteiger partial charge on any atom is -0.337 e. The topological polar surface area (TPSA) is 78.5 Å². The summed E-state index contributed by atoms with van der Waals surface area (Å²) in [6, 6.07) is 6.96. The van der Waals surface area contributed by atoms with Crippen LogP contribution in [0.2, 0.25) is 0 Å². The van der Waals surface area contributed by atoms with E-state index in [1.54, 1.807) is 26.0 Å². The van der Waals surface area contributed by atoms with Crippen molar-refractivity contribution in [2.75, 3.05) is 13.1 Å². The fourth-order valence-corrected chi connectivity index (χ4v) is 4.72. The summed E-state index contributed by atoms with van der Waals surface area (Å²) >= 11 is 0. The van der Waals surface area contributed by atoms with Crippen molar-refractivity contribution in [3.05, 3.63) is 29.8 Å². The number of fused-ring (bicyclic) bond motifs is 2. The Labute approximate surface area is 143 Å². The van der Waals surface area contributed by atoms with E-state index in [9.17, 15) is 13.2 Å². The Morgan fingerprint density at radius 3 is 2.50 bits per heavy atom. The summed E-state index contributed by atoms with van der Waals surface area (Å²) in [6.45, 7) is 5.03. The van der Waals surface area contributed by atoms with Gasteiger partial charge in [-0.1, -0.05) is 0 Å². The minimum atomic E-state index is -3.52. The van der Waals surface area contributed by atoms with Crippen LogP contribution in [0.3, 0.4) is 0 Å². The fraction of sp³-hybridized carbons (Fsp3) is 0.588. The molecule has 6 nitrogen and oxygen atoms in total. The Morgan fingerprint density at radius 2 is 1.83 bits per heavy atom. The molecule has 2 atom stereocenters. The van der Waals surface area contributed by atoms with Gasteiger partial charge in [-0.05, 0) is 57.4 Å². The van der Waals surface area contributed by atoms with Gasteiger partial charge in [-0.3, -0.25) is 4.79 Å². The number of hydrogen-bond acceptors (Lipinski definition) is 4. The molecule has 24 heavy (non-hydrogen) atoms. The van der Waals surface area contributed by atoms with Crippen LogP contribution in [-0.4, -0.2) is 50.4 Å². The van der Waals surface area contributed by atoms with Crippen molar-refractivity contribution in [3.8, 4) is 0 Å². The second-order valence-corrected chi connectivity index (χ2v) is 8.69. The molecule has 0 spiro atoms. The molecule has 2 heterocycles. The van der Waals surface area contributed by atoms with Gasteiger partial charge >= 0.3 is 0 Å². The lowest BCUT2D eigenvalue weighted by Crippen LogP contribution is -2.39. The first-order valence-corrected chi connectivity index (χ1v) is 10.0. The standard InChI is InChI=1S/C17H25N3O3S/c1-12(2)19-24(22,23)16-7-3-13(4-8-16)17(21)20-10-9-14-5-6-15(11-20)18-14/h3-4,7-8,12,14-15,18-19H,5-6,9-11H2,1-2H3. The highest BCUT2D eigenvalue weighted by Crippen LogP contribution is 2.22. The number of likely N-dealkylation sites (tertiary alicyclic amines) is 1. The smallest absolute Gasteiger partial charge is 0.253 e. The van der Waals surface area contributed by atoms with Crippen LogP contribution in [0, 0.1) is 0 Å². The predicted octanol–water partition coefficient (Wildman–Crippen LogP) is 1.34. The fourth-order valence-electron chi connectivity index (χ4n) is 3.47. The van der Waals surface area contributed by atoms with Crippen molar-refractivity contribution in [1.82, 2.24) is 14.9 Å². The van der Waals surface area contributed by atoms with Crippen LogP contribution >= 0.6 is 0 Å². The van der Waals surface area contributed by atoms with Crippen molar-refractivity contribution in [2.24, 2.45) is 0 Å². The Morgan fingerprint density at radius 1 is 1.17 bits per heavy atom. The third-order valence-corrected chi connectivity index (χ3v) is 6.29. The third-order valence-electron chi connectivity index (χ3n) is 4.61. The van der Waals surface area contributed by atoms with Gasteiger partial charge in [0.15, 0.2) is 0 Å². The molecule has 2 N–H and O–H groups in total. The molecule has 2 fully saturated rings. The van der Waals surface area contributed by atoms with E-state index in [0.29, 0.717) is 17.6 Å². The number of sulfonamides is 1. The van der Waals surface area contributed by atoms with Crippen LogP contribution in [0.1, 0.15) is 43.5 Å². The summed E-state index contributed by atoms with van der Waals surface area (Å²) < 4.78 is 26.8. The summed E-state index contributed by atoms with van der Waals surface area (Å²) in [5, 5.41) is 3.55. The van der Waals surface area contributed by atoms with Crippen molar-refractivity contribution >= 4 is 15.9 Å². The number of amides is 1. The molecule has 1 aromatic carbocycles.